The fraction of sp³-hybridized carbons (Fsp3) is 0.421. The van der Waals surface area contributed by atoms with Gasteiger partial charge in [-0.3, -0.25) is 4.79 Å². The van der Waals surface area contributed by atoms with Crippen LogP contribution in [0.4, 0.5) is 11.5 Å². The monoisotopic (exact) mass is 358 g/mol. The lowest BCUT2D eigenvalue weighted by Gasteiger charge is -2.35. The van der Waals surface area contributed by atoms with E-state index in [1.807, 2.05) is 30.0 Å². The summed E-state index contributed by atoms with van der Waals surface area (Å²) in [7, 11) is 0. The van der Waals surface area contributed by atoms with Crippen LogP contribution >= 0.6 is 11.6 Å². The SMILES string of the molecule is CCC1CCCCN1C(=O)c1cc(Nc2ccc(C)c(Cl)c2)ncn1. The first kappa shape index (κ1) is 17.7. The number of aryl methyl sites for hydroxylation is 1. The van der Waals surface area contributed by atoms with Crippen molar-refractivity contribution in [3.63, 3.8) is 0 Å². The highest BCUT2D eigenvalue weighted by atomic mass is 35.5. The molecule has 132 valence electrons. The van der Waals surface area contributed by atoms with Crippen LogP contribution in [0, 0.1) is 6.92 Å². The Morgan fingerprint density at radius 3 is 2.92 bits per heavy atom. The van der Waals surface area contributed by atoms with Crippen LogP contribution in [0.15, 0.2) is 30.6 Å². The van der Waals surface area contributed by atoms with E-state index >= 15 is 0 Å². The number of amides is 1. The van der Waals surface area contributed by atoms with Crippen molar-refractivity contribution in [2.45, 2.75) is 45.6 Å². The standard InChI is InChI=1S/C19H23ClN4O/c1-3-15-6-4-5-9-24(15)19(25)17-11-18(22-12-21-17)23-14-8-7-13(2)16(20)10-14/h7-8,10-12,15H,3-6,9H2,1-2H3,(H,21,22,23). The van der Waals surface area contributed by atoms with Crippen molar-refractivity contribution in [2.75, 3.05) is 11.9 Å². The van der Waals surface area contributed by atoms with E-state index in [0.29, 0.717) is 22.6 Å². The maximum absolute atomic E-state index is 12.9. The summed E-state index contributed by atoms with van der Waals surface area (Å²) in [4.78, 5) is 23.2. The number of carbonyl (C=O) groups is 1. The van der Waals surface area contributed by atoms with Gasteiger partial charge in [-0.25, -0.2) is 9.97 Å². The Bertz CT molecular complexity index is 765. The summed E-state index contributed by atoms with van der Waals surface area (Å²) in [6.45, 7) is 4.89. The molecular formula is C19H23ClN4O. The molecular weight excluding hydrogens is 336 g/mol. The number of rotatable bonds is 4. The van der Waals surface area contributed by atoms with Crippen LogP contribution in [0.5, 0.6) is 0 Å². The first-order valence-electron chi connectivity index (χ1n) is 8.74. The van der Waals surface area contributed by atoms with E-state index in [9.17, 15) is 4.79 Å². The van der Waals surface area contributed by atoms with Crippen molar-refractivity contribution in [2.24, 2.45) is 0 Å². The number of likely N-dealkylation sites (tertiary alicyclic amines) is 1. The van der Waals surface area contributed by atoms with E-state index in [0.717, 1.165) is 37.1 Å². The minimum Gasteiger partial charge on any atom is -0.340 e. The average molecular weight is 359 g/mol. The van der Waals surface area contributed by atoms with Gasteiger partial charge in [-0.05, 0) is 50.3 Å². The molecule has 1 amide bonds. The van der Waals surface area contributed by atoms with Crippen LogP contribution in [0.1, 0.15) is 48.7 Å². The summed E-state index contributed by atoms with van der Waals surface area (Å²) < 4.78 is 0. The summed E-state index contributed by atoms with van der Waals surface area (Å²) in [5, 5.41) is 3.88. The summed E-state index contributed by atoms with van der Waals surface area (Å²) in [6, 6.07) is 7.74. The van der Waals surface area contributed by atoms with Gasteiger partial charge in [-0.2, -0.15) is 0 Å². The number of benzene rings is 1. The smallest absolute Gasteiger partial charge is 0.272 e. The molecule has 0 radical (unpaired) electrons. The molecule has 1 unspecified atom stereocenters. The first-order valence-corrected chi connectivity index (χ1v) is 9.12. The van der Waals surface area contributed by atoms with Gasteiger partial charge in [-0.1, -0.05) is 24.6 Å². The molecule has 1 aromatic heterocycles. The highest BCUT2D eigenvalue weighted by Gasteiger charge is 2.27. The van der Waals surface area contributed by atoms with Gasteiger partial charge < -0.3 is 10.2 Å². The number of nitrogens with one attached hydrogen (secondary N) is 1. The van der Waals surface area contributed by atoms with Gasteiger partial charge in [0.1, 0.15) is 17.8 Å². The van der Waals surface area contributed by atoms with Crippen LogP contribution in [0.3, 0.4) is 0 Å². The second-order valence-electron chi connectivity index (χ2n) is 6.43. The zero-order chi connectivity index (χ0) is 17.8. The third-order valence-electron chi connectivity index (χ3n) is 4.69. The van der Waals surface area contributed by atoms with E-state index in [4.69, 9.17) is 11.6 Å². The molecule has 1 aromatic carbocycles. The number of anilines is 2. The maximum Gasteiger partial charge on any atom is 0.272 e. The van der Waals surface area contributed by atoms with E-state index in [1.165, 1.54) is 12.7 Å². The summed E-state index contributed by atoms with van der Waals surface area (Å²) in [6.07, 6.45) is 5.72. The van der Waals surface area contributed by atoms with Crippen LogP contribution in [0.25, 0.3) is 0 Å². The van der Waals surface area contributed by atoms with Gasteiger partial charge in [0.15, 0.2) is 0 Å². The predicted octanol–water partition coefficient (Wildman–Crippen LogP) is 4.59. The van der Waals surface area contributed by atoms with Gasteiger partial charge in [0.2, 0.25) is 0 Å². The first-order chi connectivity index (χ1) is 12.1. The number of aromatic nitrogens is 2. The van der Waals surface area contributed by atoms with Crippen molar-refractivity contribution < 1.29 is 4.79 Å². The Kier molecular flexibility index (Phi) is 5.53. The zero-order valence-corrected chi connectivity index (χ0v) is 15.4. The van der Waals surface area contributed by atoms with Crippen molar-refractivity contribution in [1.29, 1.82) is 0 Å². The maximum atomic E-state index is 12.9. The second-order valence-corrected chi connectivity index (χ2v) is 6.84. The van der Waals surface area contributed by atoms with Crippen molar-refractivity contribution in [3.05, 3.63) is 46.9 Å². The van der Waals surface area contributed by atoms with Gasteiger partial charge in [-0.15, -0.1) is 0 Å². The highest BCUT2D eigenvalue weighted by molar-refractivity contribution is 6.31. The molecule has 6 heteroatoms. The molecule has 2 heterocycles. The predicted molar refractivity (Wildman–Crippen MR) is 100 cm³/mol. The minimum atomic E-state index is -0.0149. The van der Waals surface area contributed by atoms with Crippen molar-refractivity contribution in [1.82, 2.24) is 14.9 Å². The fourth-order valence-corrected chi connectivity index (χ4v) is 3.38. The van der Waals surface area contributed by atoms with Crippen LogP contribution in [-0.4, -0.2) is 33.4 Å². The Morgan fingerprint density at radius 1 is 1.32 bits per heavy atom. The topological polar surface area (TPSA) is 58.1 Å². The van der Waals surface area contributed by atoms with Gasteiger partial charge in [0.25, 0.3) is 5.91 Å². The largest absolute Gasteiger partial charge is 0.340 e. The Labute approximate surface area is 153 Å². The molecule has 0 bridgehead atoms. The summed E-state index contributed by atoms with van der Waals surface area (Å²) >= 11 is 6.16. The van der Waals surface area contributed by atoms with E-state index in [2.05, 4.69) is 22.2 Å². The zero-order valence-electron chi connectivity index (χ0n) is 14.6. The molecule has 2 aromatic rings. The van der Waals surface area contributed by atoms with Crippen LogP contribution < -0.4 is 5.32 Å². The number of halogens is 1. The number of carbonyl (C=O) groups excluding carboxylic acids is 1. The normalized spacial score (nSPS) is 17.4. The molecule has 5 nitrogen and oxygen atoms in total. The third-order valence-corrected chi connectivity index (χ3v) is 5.10. The third kappa shape index (κ3) is 4.10. The molecule has 1 aliphatic rings. The lowest BCUT2D eigenvalue weighted by Crippen LogP contribution is -2.43. The Balaban J connectivity index is 1.78. The molecule has 1 N–H and O–H groups in total. The van der Waals surface area contributed by atoms with Crippen molar-refractivity contribution in [3.8, 4) is 0 Å². The Hall–Kier alpha value is -2.14. The molecule has 1 aliphatic heterocycles. The molecule has 0 aliphatic carbocycles. The average Bonchev–Trinajstić information content (AvgIpc) is 2.64. The van der Waals surface area contributed by atoms with Gasteiger partial charge >= 0.3 is 0 Å². The quantitative estimate of drug-likeness (QED) is 0.868. The number of nitrogens with zero attached hydrogens (tertiary/aromatic N) is 3. The van der Waals surface area contributed by atoms with E-state index in [1.54, 1.807) is 6.07 Å². The molecule has 3 rings (SSSR count). The van der Waals surface area contributed by atoms with E-state index < -0.39 is 0 Å². The molecule has 1 atom stereocenters. The molecule has 0 saturated carbocycles. The summed E-state index contributed by atoms with van der Waals surface area (Å²) in [5.74, 6) is 0.572. The van der Waals surface area contributed by atoms with E-state index in [-0.39, 0.29) is 5.91 Å². The van der Waals surface area contributed by atoms with Gasteiger partial charge in [0.05, 0.1) is 0 Å². The molecule has 25 heavy (non-hydrogen) atoms. The summed E-state index contributed by atoms with van der Waals surface area (Å²) in [5.41, 5.74) is 2.27. The Morgan fingerprint density at radius 2 is 2.16 bits per heavy atom. The lowest BCUT2D eigenvalue weighted by molar-refractivity contribution is 0.0602. The highest BCUT2D eigenvalue weighted by Crippen LogP contribution is 2.24. The van der Waals surface area contributed by atoms with Gasteiger partial charge in [0, 0.05) is 29.4 Å². The molecule has 1 saturated heterocycles. The molecule has 1 fully saturated rings. The molecule has 0 spiro atoms. The second kappa shape index (κ2) is 7.83. The van der Waals surface area contributed by atoms with Crippen LogP contribution in [0.2, 0.25) is 5.02 Å². The van der Waals surface area contributed by atoms with Crippen molar-refractivity contribution >= 4 is 29.0 Å². The minimum absolute atomic E-state index is 0.0149. The number of hydrogen-bond donors (Lipinski definition) is 1. The number of hydrogen-bond acceptors (Lipinski definition) is 4. The fourth-order valence-electron chi connectivity index (χ4n) is 3.20. The lowest BCUT2D eigenvalue weighted by atomic mass is 9.99. The number of piperidine rings is 1. The van der Waals surface area contributed by atoms with Crippen LogP contribution in [-0.2, 0) is 0 Å².